The summed E-state index contributed by atoms with van der Waals surface area (Å²) in [4.78, 5) is 0. The summed E-state index contributed by atoms with van der Waals surface area (Å²) < 4.78 is 32.2. The van der Waals surface area contributed by atoms with Crippen LogP contribution in [0.25, 0.3) is 0 Å². The lowest BCUT2D eigenvalue weighted by Gasteiger charge is -2.12. The lowest BCUT2D eigenvalue weighted by atomic mass is 10.1. The van der Waals surface area contributed by atoms with E-state index in [1.54, 1.807) is 26.4 Å². The van der Waals surface area contributed by atoms with Gasteiger partial charge in [0.15, 0.2) is 0 Å². The van der Waals surface area contributed by atoms with Crippen molar-refractivity contribution in [3.05, 3.63) is 23.3 Å². The second kappa shape index (κ2) is 5.60. The quantitative estimate of drug-likeness (QED) is 0.774. The molecule has 0 saturated carbocycles. The first-order valence-corrected chi connectivity index (χ1v) is 7.49. The minimum Gasteiger partial charge on any atom is -0.496 e. The Morgan fingerprint density at radius 2 is 1.65 bits per heavy atom. The van der Waals surface area contributed by atoms with E-state index in [1.165, 1.54) is 0 Å². The highest BCUT2D eigenvalue weighted by atomic mass is 35.7. The minimum absolute atomic E-state index is 0.107. The fourth-order valence-corrected chi connectivity index (χ4v) is 2.24. The van der Waals surface area contributed by atoms with Crippen molar-refractivity contribution < 1.29 is 17.9 Å². The fourth-order valence-electron chi connectivity index (χ4n) is 1.52. The highest BCUT2D eigenvalue weighted by Gasteiger charge is 2.11. The Kier molecular flexibility index (Phi) is 4.65. The Balaban J connectivity index is 3.01. The van der Waals surface area contributed by atoms with E-state index in [1.807, 2.05) is 6.92 Å². The third-order valence-electron chi connectivity index (χ3n) is 2.45. The van der Waals surface area contributed by atoms with E-state index >= 15 is 0 Å². The molecule has 0 bridgehead atoms. The zero-order valence-corrected chi connectivity index (χ0v) is 11.6. The Hall–Kier alpha value is -0.940. The molecule has 0 aliphatic heterocycles. The second-order valence-electron chi connectivity index (χ2n) is 3.62. The summed E-state index contributed by atoms with van der Waals surface area (Å²) >= 11 is 0. The summed E-state index contributed by atoms with van der Waals surface area (Å²) in [6, 6.07) is 3.58. The van der Waals surface area contributed by atoms with E-state index in [2.05, 4.69) is 0 Å². The topological polar surface area (TPSA) is 52.6 Å². The summed E-state index contributed by atoms with van der Waals surface area (Å²) in [5, 5.41) is 0. The van der Waals surface area contributed by atoms with Gasteiger partial charge in [-0.2, -0.15) is 0 Å². The standard InChI is InChI=1S/C11H15ClO4S/c1-8-10(15-2)6-9(7-11(8)16-3)4-5-17(12,13)14/h6-7H,4-5H2,1-3H3. The van der Waals surface area contributed by atoms with Crippen LogP contribution in [0.1, 0.15) is 11.1 Å². The molecule has 0 aromatic heterocycles. The summed E-state index contributed by atoms with van der Waals surface area (Å²) in [6.07, 6.45) is 0.332. The molecule has 0 atom stereocenters. The molecular weight excluding hydrogens is 264 g/mol. The molecule has 0 radical (unpaired) electrons. The lowest BCUT2D eigenvalue weighted by molar-refractivity contribution is 0.388. The largest absolute Gasteiger partial charge is 0.496 e. The van der Waals surface area contributed by atoms with Crippen LogP contribution in [0, 0.1) is 6.92 Å². The van der Waals surface area contributed by atoms with E-state index in [0.717, 1.165) is 11.1 Å². The number of hydrogen-bond acceptors (Lipinski definition) is 4. The molecule has 6 heteroatoms. The maximum atomic E-state index is 10.9. The van der Waals surface area contributed by atoms with Gasteiger partial charge in [-0.05, 0) is 31.0 Å². The van der Waals surface area contributed by atoms with Crippen LogP contribution >= 0.6 is 10.7 Å². The lowest BCUT2D eigenvalue weighted by Crippen LogP contribution is -2.02. The molecule has 0 aliphatic carbocycles. The maximum absolute atomic E-state index is 10.9. The van der Waals surface area contributed by atoms with Gasteiger partial charge in [0.05, 0.1) is 20.0 Å². The highest BCUT2D eigenvalue weighted by molar-refractivity contribution is 8.13. The van der Waals surface area contributed by atoms with Gasteiger partial charge in [-0.1, -0.05) is 0 Å². The molecule has 0 spiro atoms. The Labute approximate surface area is 106 Å². The fraction of sp³-hybridized carbons (Fsp3) is 0.455. The molecule has 0 fully saturated rings. The van der Waals surface area contributed by atoms with Crippen molar-refractivity contribution in [1.82, 2.24) is 0 Å². The number of halogens is 1. The summed E-state index contributed by atoms with van der Waals surface area (Å²) in [7, 11) is 4.81. The number of hydrogen-bond donors (Lipinski definition) is 0. The molecule has 96 valence electrons. The van der Waals surface area contributed by atoms with Gasteiger partial charge in [0.25, 0.3) is 0 Å². The van der Waals surface area contributed by atoms with Crippen LogP contribution < -0.4 is 9.47 Å². The third kappa shape index (κ3) is 4.09. The highest BCUT2D eigenvalue weighted by Crippen LogP contribution is 2.29. The summed E-state index contributed by atoms with van der Waals surface area (Å²) in [5.74, 6) is 1.24. The van der Waals surface area contributed by atoms with Crippen LogP contribution in [-0.2, 0) is 15.5 Å². The van der Waals surface area contributed by atoms with Crippen molar-refractivity contribution in [1.29, 1.82) is 0 Å². The van der Waals surface area contributed by atoms with Gasteiger partial charge in [-0.15, -0.1) is 0 Å². The minimum atomic E-state index is -3.48. The average Bonchev–Trinajstić information content (AvgIpc) is 2.26. The SMILES string of the molecule is COc1cc(CCS(=O)(=O)Cl)cc(OC)c1C. The van der Waals surface area contributed by atoms with Crippen molar-refractivity contribution in [3.8, 4) is 11.5 Å². The first-order chi connectivity index (χ1) is 7.87. The van der Waals surface area contributed by atoms with E-state index < -0.39 is 9.05 Å². The van der Waals surface area contributed by atoms with Crippen LogP contribution in [-0.4, -0.2) is 28.4 Å². The molecule has 1 rings (SSSR count). The Morgan fingerprint density at radius 1 is 1.18 bits per heavy atom. The molecule has 0 heterocycles. The number of benzene rings is 1. The predicted molar refractivity (Wildman–Crippen MR) is 67.6 cm³/mol. The number of rotatable bonds is 5. The van der Waals surface area contributed by atoms with Crippen molar-refractivity contribution in [3.63, 3.8) is 0 Å². The second-order valence-corrected chi connectivity index (χ2v) is 6.51. The molecule has 0 saturated heterocycles. The zero-order chi connectivity index (χ0) is 13.1. The van der Waals surface area contributed by atoms with Crippen molar-refractivity contribution in [2.75, 3.05) is 20.0 Å². The first-order valence-electron chi connectivity index (χ1n) is 5.01. The molecule has 0 N–H and O–H groups in total. The molecule has 0 amide bonds. The van der Waals surface area contributed by atoms with Crippen molar-refractivity contribution in [2.45, 2.75) is 13.3 Å². The number of methoxy groups -OCH3 is 2. The third-order valence-corrected chi connectivity index (χ3v) is 3.60. The first kappa shape index (κ1) is 14.1. The van der Waals surface area contributed by atoms with E-state index in [0.29, 0.717) is 17.9 Å². The van der Waals surface area contributed by atoms with Gasteiger partial charge in [-0.3, -0.25) is 0 Å². The van der Waals surface area contributed by atoms with Crippen molar-refractivity contribution in [2.24, 2.45) is 0 Å². The van der Waals surface area contributed by atoms with Crippen molar-refractivity contribution >= 4 is 19.7 Å². The van der Waals surface area contributed by atoms with E-state index in [9.17, 15) is 8.42 Å². The van der Waals surface area contributed by atoms with Gasteiger partial charge >= 0.3 is 0 Å². The molecule has 17 heavy (non-hydrogen) atoms. The molecule has 0 unspecified atom stereocenters. The van der Waals surface area contributed by atoms with E-state index in [4.69, 9.17) is 20.2 Å². The number of aryl methyl sites for hydroxylation is 1. The Morgan fingerprint density at radius 3 is 2.00 bits per heavy atom. The van der Waals surface area contributed by atoms with Gasteiger partial charge in [0, 0.05) is 16.2 Å². The van der Waals surface area contributed by atoms with E-state index in [-0.39, 0.29) is 5.75 Å². The average molecular weight is 279 g/mol. The van der Waals surface area contributed by atoms with Gasteiger partial charge < -0.3 is 9.47 Å². The van der Waals surface area contributed by atoms with Crippen LogP contribution in [0.5, 0.6) is 11.5 Å². The number of ether oxygens (including phenoxy) is 2. The molecule has 0 aliphatic rings. The van der Waals surface area contributed by atoms with Gasteiger partial charge in [0.1, 0.15) is 11.5 Å². The molecule has 1 aromatic carbocycles. The van der Waals surface area contributed by atoms with Crippen LogP contribution in [0.2, 0.25) is 0 Å². The maximum Gasteiger partial charge on any atom is 0.232 e. The monoisotopic (exact) mass is 278 g/mol. The van der Waals surface area contributed by atoms with Crippen LogP contribution in [0.3, 0.4) is 0 Å². The summed E-state index contributed by atoms with van der Waals surface area (Å²) in [6.45, 7) is 1.87. The van der Waals surface area contributed by atoms with Crippen LogP contribution in [0.4, 0.5) is 0 Å². The van der Waals surface area contributed by atoms with Gasteiger partial charge in [0.2, 0.25) is 9.05 Å². The molecule has 4 nitrogen and oxygen atoms in total. The molecule has 1 aromatic rings. The van der Waals surface area contributed by atoms with Crippen LogP contribution in [0.15, 0.2) is 12.1 Å². The predicted octanol–water partition coefficient (Wildman–Crippen LogP) is 2.12. The normalized spacial score (nSPS) is 11.3. The smallest absolute Gasteiger partial charge is 0.232 e. The van der Waals surface area contributed by atoms with Gasteiger partial charge in [-0.25, -0.2) is 8.42 Å². The Bertz CT molecular complexity index is 471. The molecular formula is C11H15ClO4S. The zero-order valence-electron chi connectivity index (χ0n) is 9.99. The summed E-state index contributed by atoms with van der Waals surface area (Å²) in [5.41, 5.74) is 1.70.